The van der Waals surface area contributed by atoms with E-state index in [-0.39, 0.29) is 0 Å². The van der Waals surface area contributed by atoms with E-state index >= 15 is 0 Å². The van der Waals surface area contributed by atoms with E-state index < -0.39 is 0 Å². The third-order valence-corrected chi connectivity index (χ3v) is 4.00. The lowest BCUT2D eigenvalue weighted by atomic mass is 10.3. The Hall–Kier alpha value is -1.72. The van der Waals surface area contributed by atoms with E-state index in [0.29, 0.717) is 0 Å². The number of anilines is 2. The molecule has 0 bridgehead atoms. The minimum Gasteiger partial charge on any atom is -0.331 e. The Labute approximate surface area is 123 Å². The van der Waals surface area contributed by atoms with Gasteiger partial charge >= 0.3 is 0 Å². The molecule has 0 atom stereocenters. The van der Waals surface area contributed by atoms with Crippen molar-refractivity contribution in [2.75, 3.05) is 5.32 Å². The van der Waals surface area contributed by atoms with Crippen molar-refractivity contribution in [2.45, 2.75) is 0 Å². The van der Waals surface area contributed by atoms with Crippen molar-refractivity contribution in [3.05, 3.63) is 58.5 Å². The van der Waals surface area contributed by atoms with Gasteiger partial charge in [0.1, 0.15) is 5.69 Å². The lowest BCUT2D eigenvalue weighted by molar-refractivity contribution is 1.28. The van der Waals surface area contributed by atoms with Gasteiger partial charge in [0, 0.05) is 16.0 Å². The lowest BCUT2D eigenvalue weighted by Gasteiger charge is -2.04. The van der Waals surface area contributed by atoms with Crippen LogP contribution in [0.3, 0.4) is 0 Å². The summed E-state index contributed by atoms with van der Waals surface area (Å²) in [5.41, 5.74) is 2.78. The Morgan fingerprint density at radius 3 is 2.63 bits per heavy atom. The zero-order chi connectivity index (χ0) is 13.1. The first-order chi connectivity index (χ1) is 9.33. The smallest absolute Gasteiger partial charge is 0.187 e. The number of benzene rings is 1. The number of hydrogen-bond acceptors (Lipinski definition) is 4. The molecule has 0 radical (unpaired) electrons. The van der Waals surface area contributed by atoms with Gasteiger partial charge in [-0.1, -0.05) is 18.2 Å². The van der Waals surface area contributed by atoms with E-state index in [2.05, 4.69) is 31.2 Å². The maximum Gasteiger partial charge on any atom is 0.187 e. The summed E-state index contributed by atoms with van der Waals surface area (Å²) in [6, 6.07) is 13.8. The highest BCUT2D eigenvalue weighted by atomic mass is 79.9. The van der Waals surface area contributed by atoms with Gasteiger partial charge in [-0.25, -0.2) is 4.98 Å². The van der Waals surface area contributed by atoms with Crippen molar-refractivity contribution >= 4 is 38.1 Å². The molecular formula is C14H10BrN3S. The molecule has 0 aliphatic heterocycles. The highest BCUT2D eigenvalue weighted by Gasteiger charge is 2.06. The standard InChI is InChI=1S/C14H10BrN3S/c15-10-5-1-2-6-11(10)17-14-18-13(9-19-14)12-7-3-4-8-16-12/h1-9H,(H,17,18). The van der Waals surface area contributed by atoms with Crippen molar-refractivity contribution in [1.82, 2.24) is 9.97 Å². The highest BCUT2D eigenvalue weighted by molar-refractivity contribution is 9.10. The summed E-state index contributed by atoms with van der Waals surface area (Å²) in [6.45, 7) is 0. The fourth-order valence-corrected chi connectivity index (χ4v) is 2.74. The number of halogens is 1. The zero-order valence-electron chi connectivity index (χ0n) is 9.88. The first-order valence-corrected chi connectivity index (χ1v) is 7.39. The number of nitrogens with zero attached hydrogens (tertiary/aromatic N) is 2. The van der Waals surface area contributed by atoms with Crippen LogP contribution in [0, 0.1) is 0 Å². The third-order valence-electron chi connectivity index (χ3n) is 2.55. The van der Waals surface area contributed by atoms with Crippen LogP contribution in [0.2, 0.25) is 0 Å². The number of aromatic nitrogens is 2. The van der Waals surface area contributed by atoms with Gasteiger partial charge in [0.2, 0.25) is 0 Å². The van der Waals surface area contributed by atoms with E-state index in [4.69, 9.17) is 0 Å². The van der Waals surface area contributed by atoms with Gasteiger partial charge < -0.3 is 5.32 Å². The summed E-state index contributed by atoms with van der Waals surface area (Å²) in [7, 11) is 0. The Balaban J connectivity index is 1.85. The van der Waals surface area contributed by atoms with E-state index in [9.17, 15) is 0 Å². The summed E-state index contributed by atoms with van der Waals surface area (Å²) < 4.78 is 1.02. The summed E-state index contributed by atoms with van der Waals surface area (Å²) in [5.74, 6) is 0. The monoisotopic (exact) mass is 331 g/mol. The molecule has 19 heavy (non-hydrogen) atoms. The molecule has 1 N–H and O–H groups in total. The molecule has 0 saturated carbocycles. The van der Waals surface area contributed by atoms with Crippen molar-refractivity contribution < 1.29 is 0 Å². The van der Waals surface area contributed by atoms with Crippen molar-refractivity contribution in [2.24, 2.45) is 0 Å². The fourth-order valence-electron chi connectivity index (χ4n) is 1.64. The normalized spacial score (nSPS) is 10.4. The van der Waals surface area contributed by atoms with Crippen LogP contribution in [0.1, 0.15) is 0 Å². The molecule has 0 unspecified atom stereocenters. The van der Waals surface area contributed by atoms with Crippen LogP contribution in [0.15, 0.2) is 58.5 Å². The van der Waals surface area contributed by atoms with Gasteiger partial charge in [-0.05, 0) is 40.2 Å². The molecular weight excluding hydrogens is 322 g/mol. The van der Waals surface area contributed by atoms with Gasteiger partial charge in [0.05, 0.1) is 11.4 Å². The summed E-state index contributed by atoms with van der Waals surface area (Å²) in [6.07, 6.45) is 1.77. The molecule has 0 saturated heterocycles. The molecule has 0 fully saturated rings. The number of rotatable bonds is 3. The molecule has 5 heteroatoms. The Morgan fingerprint density at radius 2 is 1.84 bits per heavy atom. The SMILES string of the molecule is Brc1ccccc1Nc1nc(-c2ccccn2)cs1. The van der Waals surface area contributed by atoms with Crippen LogP contribution >= 0.6 is 27.3 Å². The van der Waals surface area contributed by atoms with Crippen LogP contribution in [0.5, 0.6) is 0 Å². The Morgan fingerprint density at radius 1 is 1.00 bits per heavy atom. The van der Waals surface area contributed by atoms with Crippen LogP contribution in [0.25, 0.3) is 11.4 Å². The second kappa shape index (κ2) is 5.50. The summed E-state index contributed by atoms with van der Waals surface area (Å²) in [5, 5.41) is 6.15. The molecule has 0 amide bonds. The second-order valence-electron chi connectivity index (χ2n) is 3.86. The maximum atomic E-state index is 4.54. The Kier molecular flexibility index (Phi) is 3.57. The summed E-state index contributed by atoms with van der Waals surface area (Å²) in [4.78, 5) is 8.84. The van der Waals surface area contributed by atoms with Gasteiger partial charge in [0.15, 0.2) is 5.13 Å². The molecule has 1 aromatic carbocycles. The highest BCUT2D eigenvalue weighted by Crippen LogP contribution is 2.29. The van der Waals surface area contributed by atoms with Gasteiger partial charge in [-0.2, -0.15) is 0 Å². The molecule has 3 rings (SSSR count). The van der Waals surface area contributed by atoms with Crippen molar-refractivity contribution in [1.29, 1.82) is 0 Å². The maximum absolute atomic E-state index is 4.54. The van der Waals surface area contributed by atoms with E-state index in [1.807, 2.05) is 47.8 Å². The van der Waals surface area contributed by atoms with E-state index in [1.54, 1.807) is 17.5 Å². The van der Waals surface area contributed by atoms with Gasteiger partial charge in [0.25, 0.3) is 0 Å². The minimum absolute atomic E-state index is 0.854. The molecule has 0 aliphatic carbocycles. The number of hydrogen-bond donors (Lipinski definition) is 1. The molecule has 3 nitrogen and oxygen atoms in total. The molecule has 0 spiro atoms. The number of thiazole rings is 1. The number of nitrogens with one attached hydrogen (secondary N) is 1. The first kappa shape index (κ1) is 12.3. The predicted molar refractivity (Wildman–Crippen MR) is 82.8 cm³/mol. The van der Waals surface area contributed by atoms with Gasteiger partial charge in [-0.15, -0.1) is 11.3 Å². The second-order valence-corrected chi connectivity index (χ2v) is 5.57. The molecule has 0 aliphatic rings. The van der Waals surface area contributed by atoms with Crippen LogP contribution < -0.4 is 5.32 Å². The molecule has 2 heterocycles. The third kappa shape index (κ3) is 2.83. The van der Waals surface area contributed by atoms with E-state index in [0.717, 1.165) is 26.7 Å². The number of pyridine rings is 1. The van der Waals surface area contributed by atoms with Crippen LogP contribution in [-0.4, -0.2) is 9.97 Å². The molecule has 3 aromatic rings. The lowest BCUT2D eigenvalue weighted by Crippen LogP contribution is -1.90. The quantitative estimate of drug-likeness (QED) is 0.755. The first-order valence-electron chi connectivity index (χ1n) is 5.71. The zero-order valence-corrected chi connectivity index (χ0v) is 12.3. The average Bonchev–Trinajstić information content (AvgIpc) is 2.91. The molecule has 94 valence electrons. The predicted octanol–water partition coefficient (Wildman–Crippen LogP) is 4.71. The van der Waals surface area contributed by atoms with Crippen LogP contribution in [0.4, 0.5) is 10.8 Å². The van der Waals surface area contributed by atoms with E-state index in [1.165, 1.54) is 0 Å². The average molecular weight is 332 g/mol. The minimum atomic E-state index is 0.854. The topological polar surface area (TPSA) is 37.8 Å². The number of para-hydroxylation sites is 1. The van der Waals surface area contributed by atoms with Gasteiger partial charge in [-0.3, -0.25) is 4.98 Å². The molecule has 2 aromatic heterocycles. The van der Waals surface area contributed by atoms with Crippen LogP contribution in [-0.2, 0) is 0 Å². The Bertz CT molecular complexity index is 682. The van der Waals surface area contributed by atoms with Crippen molar-refractivity contribution in [3.63, 3.8) is 0 Å². The fraction of sp³-hybridized carbons (Fsp3) is 0. The largest absolute Gasteiger partial charge is 0.331 e. The summed E-state index contributed by atoms with van der Waals surface area (Å²) >= 11 is 5.07. The van der Waals surface area contributed by atoms with Crippen molar-refractivity contribution in [3.8, 4) is 11.4 Å².